The summed E-state index contributed by atoms with van der Waals surface area (Å²) in [5, 5.41) is 10.3. The lowest BCUT2D eigenvalue weighted by molar-refractivity contribution is 0.0968. The van der Waals surface area contributed by atoms with Gasteiger partial charge in [0, 0.05) is 38.3 Å². The highest BCUT2D eigenvalue weighted by Crippen LogP contribution is 2.32. The van der Waals surface area contributed by atoms with Gasteiger partial charge in [0.05, 0.1) is 19.2 Å². The fourth-order valence-electron chi connectivity index (χ4n) is 5.35. The van der Waals surface area contributed by atoms with Crippen LogP contribution in [0.15, 0.2) is 64.2 Å². The number of nitrogens with two attached hydrogens (primary N) is 1. The number of methoxy groups -OCH3 is 1. The second-order valence-electron chi connectivity index (χ2n) is 9.82. The molecule has 1 aliphatic rings. The van der Waals surface area contributed by atoms with E-state index in [0.717, 1.165) is 23.0 Å². The molecule has 2 aromatic carbocycles. The Balaban J connectivity index is 1.74. The SMILES string of the molecule is COc1cccc(C(=O)Cn2c(=O)c3c(c(C#N)c(N4CCC[C@H](N)C4)n3Cc3ccccc3)n(C)c2=O)c1. The van der Waals surface area contributed by atoms with Crippen molar-refractivity contribution in [2.24, 2.45) is 12.8 Å². The van der Waals surface area contributed by atoms with Crippen molar-refractivity contribution in [3.05, 3.63) is 92.1 Å². The van der Waals surface area contributed by atoms with Crippen LogP contribution in [0.4, 0.5) is 5.82 Å². The number of ether oxygens (including phenoxy) is 1. The number of carbonyl (C=O) groups is 1. The molecule has 0 bridgehead atoms. The van der Waals surface area contributed by atoms with Crippen LogP contribution in [-0.2, 0) is 20.1 Å². The van der Waals surface area contributed by atoms with Gasteiger partial charge in [0.1, 0.15) is 28.7 Å². The number of carbonyl (C=O) groups excluding carboxylic acids is 1. The molecule has 3 heterocycles. The normalized spacial score (nSPS) is 15.3. The summed E-state index contributed by atoms with van der Waals surface area (Å²) in [7, 11) is 3.02. The fraction of sp³-hybridized carbons (Fsp3) is 0.310. The number of hydrogen-bond donors (Lipinski definition) is 1. The van der Waals surface area contributed by atoms with E-state index in [1.807, 2.05) is 35.2 Å². The minimum absolute atomic E-state index is 0.0746. The number of anilines is 1. The van der Waals surface area contributed by atoms with Gasteiger partial charge in [-0.3, -0.25) is 18.7 Å². The molecular weight excluding hydrogens is 496 g/mol. The summed E-state index contributed by atoms with van der Waals surface area (Å²) in [6.07, 6.45) is 1.71. The quantitative estimate of drug-likeness (QED) is 0.366. The molecule has 5 rings (SSSR count). The van der Waals surface area contributed by atoms with Crippen molar-refractivity contribution < 1.29 is 9.53 Å². The topological polar surface area (TPSA) is 128 Å². The van der Waals surface area contributed by atoms with Gasteiger partial charge < -0.3 is 19.9 Å². The molecule has 2 aromatic heterocycles. The third-order valence-electron chi connectivity index (χ3n) is 7.26. The highest BCUT2D eigenvalue weighted by Gasteiger charge is 2.30. The number of aromatic nitrogens is 3. The Morgan fingerprint density at radius 3 is 2.56 bits per heavy atom. The lowest BCUT2D eigenvalue weighted by Gasteiger charge is -2.33. The van der Waals surface area contributed by atoms with E-state index in [-0.39, 0.29) is 22.6 Å². The van der Waals surface area contributed by atoms with Crippen molar-refractivity contribution in [3.63, 3.8) is 0 Å². The van der Waals surface area contributed by atoms with Gasteiger partial charge in [-0.25, -0.2) is 4.79 Å². The van der Waals surface area contributed by atoms with E-state index in [0.29, 0.717) is 36.8 Å². The lowest BCUT2D eigenvalue weighted by atomic mass is 10.1. The Morgan fingerprint density at radius 1 is 1.10 bits per heavy atom. The standard InChI is InChI=1S/C29H30N6O4/c1-32-25-23(15-30)27(33-13-7-11-21(31)17-33)34(16-19-8-4-3-5-9-19)26(25)28(37)35(29(32)38)18-24(36)20-10-6-12-22(14-20)39-2/h3-6,8-10,12,14,21H,7,11,13,16-18,31H2,1-2H3/t21-/m0/s1. The Kier molecular flexibility index (Phi) is 7.09. The fourth-order valence-corrected chi connectivity index (χ4v) is 5.35. The predicted octanol–water partition coefficient (Wildman–Crippen LogP) is 2.24. The third-order valence-corrected chi connectivity index (χ3v) is 7.26. The molecule has 10 nitrogen and oxygen atoms in total. The molecule has 10 heteroatoms. The van der Waals surface area contributed by atoms with Crippen LogP contribution in [0.5, 0.6) is 5.75 Å². The molecule has 4 aromatic rings. The molecule has 39 heavy (non-hydrogen) atoms. The van der Waals surface area contributed by atoms with Crippen molar-refractivity contribution in [2.45, 2.75) is 32.0 Å². The maximum atomic E-state index is 14.0. The Hall–Kier alpha value is -4.62. The minimum Gasteiger partial charge on any atom is -0.497 e. The zero-order valence-electron chi connectivity index (χ0n) is 22.0. The van der Waals surface area contributed by atoms with E-state index in [1.165, 1.54) is 18.7 Å². The van der Waals surface area contributed by atoms with Gasteiger partial charge in [-0.15, -0.1) is 0 Å². The van der Waals surface area contributed by atoms with Crippen LogP contribution in [0.25, 0.3) is 11.0 Å². The smallest absolute Gasteiger partial charge is 0.331 e. The third kappa shape index (κ3) is 4.73. The van der Waals surface area contributed by atoms with Crippen molar-refractivity contribution in [2.75, 3.05) is 25.1 Å². The van der Waals surface area contributed by atoms with Crippen LogP contribution in [-0.4, -0.2) is 45.7 Å². The van der Waals surface area contributed by atoms with E-state index >= 15 is 0 Å². The lowest BCUT2D eigenvalue weighted by Crippen LogP contribution is -2.44. The van der Waals surface area contributed by atoms with E-state index in [4.69, 9.17) is 10.5 Å². The highest BCUT2D eigenvalue weighted by molar-refractivity contribution is 5.96. The Labute approximate surface area is 225 Å². The first-order chi connectivity index (χ1) is 18.8. The van der Waals surface area contributed by atoms with Crippen molar-refractivity contribution in [1.82, 2.24) is 13.7 Å². The van der Waals surface area contributed by atoms with Gasteiger partial charge in [-0.1, -0.05) is 42.5 Å². The molecule has 0 saturated carbocycles. The number of hydrogen-bond acceptors (Lipinski definition) is 7. The molecular formula is C29H30N6O4. The van der Waals surface area contributed by atoms with E-state index in [2.05, 4.69) is 6.07 Å². The molecule has 0 amide bonds. The maximum absolute atomic E-state index is 14.0. The van der Waals surface area contributed by atoms with E-state index in [9.17, 15) is 19.6 Å². The molecule has 2 N–H and O–H groups in total. The first-order valence-corrected chi connectivity index (χ1v) is 12.8. The van der Waals surface area contributed by atoms with Gasteiger partial charge in [0.15, 0.2) is 5.78 Å². The molecule has 0 spiro atoms. The highest BCUT2D eigenvalue weighted by atomic mass is 16.5. The minimum atomic E-state index is -0.668. The Morgan fingerprint density at radius 2 is 1.87 bits per heavy atom. The average Bonchev–Trinajstić information content (AvgIpc) is 3.28. The van der Waals surface area contributed by atoms with Crippen LogP contribution in [0.3, 0.4) is 0 Å². The predicted molar refractivity (Wildman–Crippen MR) is 148 cm³/mol. The summed E-state index contributed by atoms with van der Waals surface area (Å²) in [6, 6.07) is 18.4. The molecule has 0 radical (unpaired) electrons. The first kappa shape index (κ1) is 26.0. The molecule has 1 aliphatic heterocycles. The number of rotatable bonds is 7. The monoisotopic (exact) mass is 526 g/mol. The summed E-state index contributed by atoms with van der Waals surface area (Å²) in [5.74, 6) is 0.656. The van der Waals surface area contributed by atoms with Gasteiger partial charge in [-0.05, 0) is 30.5 Å². The van der Waals surface area contributed by atoms with E-state index in [1.54, 1.807) is 28.8 Å². The number of aryl methyl sites for hydroxylation is 1. The molecule has 1 fully saturated rings. The van der Waals surface area contributed by atoms with Crippen molar-refractivity contribution in [1.29, 1.82) is 5.26 Å². The maximum Gasteiger partial charge on any atom is 0.331 e. The Bertz CT molecular complexity index is 1710. The average molecular weight is 527 g/mol. The van der Waals surface area contributed by atoms with Gasteiger partial charge in [0.2, 0.25) is 0 Å². The number of nitrogens with zero attached hydrogens (tertiary/aromatic N) is 5. The van der Waals surface area contributed by atoms with Crippen LogP contribution in [0.1, 0.15) is 34.3 Å². The first-order valence-electron chi connectivity index (χ1n) is 12.8. The van der Waals surface area contributed by atoms with Crippen molar-refractivity contribution >= 4 is 22.6 Å². The molecule has 0 aliphatic carbocycles. The van der Waals surface area contributed by atoms with Gasteiger partial charge in [0.25, 0.3) is 5.56 Å². The molecule has 0 unspecified atom stereocenters. The van der Waals surface area contributed by atoms with Gasteiger partial charge in [-0.2, -0.15) is 5.26 Å². The number of Topliss-reactive ketones (excluding diaryl/α,β-unsaturated/α-hetero) is 1. The van der Waals surface area contributed by atoms with Crippen LogP contribution in [0, 0.1) is 11.3 Å². The largest absolute Gasteiger partial charge is 0.497 e. The van der Waals surface area contributed by atoms with Gasteiger partial charge >= 0.3 is 5.69 Å². The zero-order valence-corrected chi connectivity index (χ0v) is 22.0. The van der Waals surface area contributed by atoms with Crippen LogP contribution in [0.2, 0.25) is 0 Å². The molecule has 1 saturated heterocycles. The molecule has 1 atom stereocenters. The number of fused-ring (bicyclic) bond motifs is 1. The molecule has 200 valence electrons. The summed E-state index contributed by atoms with van der Waals surface area (Å²) in [6.45, 7) is 1.05. The zero-order chi connectivity index (χ0) is 27.7. The summed E-state index contributed by atoms with van der Waals surface area (Å²) >= 11 is 0. The summed E-state index contributed by atoms with van der Waals surface area (Å²) in [5.41, 5.74) is 6.95. The summed E-state index contributed by atoms with van der Waals surface area (Å²) in [4.78, 5) is 42.7. The number of piperidine rings is 1. The number of nitriles is 1. The van der Waals surface area contributed by atoms with Crippen LogP contribution < -0.4 is 26.6 Å². The van der Waals surface area contributed by atoms with E-state index < -0.39 is 23.6 Å². The van der Waals surface area contributed by atoms with Crippen LogP contribution >= 0.6 is 0 Å². The second kappa shape index (κ2) is 10.6. The second-order valence-corrected chi connectivity index (χ2v) is 9.82. The number of benzene rings is 2. The summed E-state index contributed by atoms with van der Waals surface area (Å²) < 4.78 is 9.25. The number of ketones is 1. The van der Waals surface area contributed by atoms with Crippen molar-refractivity contribution in [3.8, 4) is 11.8 Å².